The zero-order valence-electron chi connectivity index (χ0n) is 11.3. The Morgan fingerprint density at radius 3 is 2.38 bits per heavy atom. The van der Waals surface area contributed by atoms with Gasteiger partial charge in [-0.25, -0.2) is 0 Å². The molecule has 2 heteroatoms. The smallest absolute Gasteiger partial charge is 0.0998 e. The van der Waals surface area contributed by atoms with Crippen LogP contribution in [0.25, 0.3) is 22.4 Å². The van der Waals surface area contributed by atoms with Crippen LogP contribution in [0.15, 0.2) is 71.2 Å². The molecular weight excluding hydrogens is 322 g/mol. The van der Waals surface area contributed by atoms with Crippen LogP contribution in [0.4, 0.5) is 0 Å². The third-order valence-corrected chi connectivity index (χ3v) is 3.93. The standard InChI is InChI=1S/C19H12BrN/c20-18-10-8-14(9-11-18)17(13-21)12-16-6-3-5-15-4-1-2-7-19(15)16/h1-12H/b17-12+. The molecule has 1 nitrogen and oxygen atoms in total. The van der Waals surface area contributed by atoms with Gasteiger partial charge in [0.2, 0.25) is 0 Å². The molecule has 0 aliphatic carbocycles. The van der Waals surface area contributed by atoms with Crippen LogP contribution in [0.1, 0.15) is 11.1 Å². The molecule has 0 saturated heterocycles. The first kappa shape index (κ1) is 13.6. The first-order valence-electron chi connectivity index (χ1n) is 6.63. The molecule has 3 aromatic carbocycles. The summed E-state index contributed by atoms with van der Waals surface area (Å²) in [6.45, 7) is 0. The molecule has 0 saturated carbocycles. The third kappa shape index (κ3) is 2.89. The van der Waals surface area contributed by atoms with Crippen LogP contribution < -0.4 is 0 Å². The van der Waals surface area contributed by atoms with E-state index in [1.54, 1.807) is 0 Å². The monoisotopic (exact) mass is 333 g/mol. The summed E-state index contributed by atoms with van der Waals surface area (Å²) in [6.07, 6.45) is 1.95. The molecule has 0 amide bonds. The molecule has 100 valence electrons. The Morgan fingerprint density at radius 1 is 0.905 bits per heavy atom. The minimum absolute atomic E-state index is 0.666. The fourth-order valence-electron chi connectivity index (χ4n) is 2.34. The van der Waals surface area contributed by atoms with Crippen LogP contribution in [-0.4, -0.2) is 0 Å². The lowest BCUT2D eigenvalue weighted by Crippen LogP contribution is -1.83. The van der Waals surface area contributed by atoms with Crippen LogP contribution in [0, 0.1) is 11.3 Å². The fourth-order valence-corrected chi connectivity index (χ4v) is 2.61. The van der Waals surface area contributed by atoms with Crippen LogP contribution in [0.2, 0.25) is 0 Å². The minimum atomic E-state index is 0.666. The van der Waals surface area contributed by atoms with E-state index >= 15 is 0 Å². The van der Waals surface area contributed by atoms with Gasteiger partial charge in [-0.15, -0.1) is 0 Å². The average Bonchev–Trinajstić information content (AvgIpc) is 2.54. The van der Waals surface area contributed by atoms with Gasteiger partial charge in [-0.2, -0.15) is 5.26 Å². The maximum atomic E-state index is 9.45. The van der Waals surface area contributed by atoms with Gasteiger partial charge in [-0.1, -0.05) is 70.5 Å². The number of hydrogen-bond acceptors (Lipinski definition) is 1. The van der Waals surface area contributed by atoms with Crippen LogP contribution in [-0.2, 0) is 0 Å². The van der Waals surface area contributed by atoms with Crippen molar-refractivity contribution in [3.63, 3.8) is 0 Å². The van der Waals surface area contributed by atoms with Gasteiger partial charge < -0.3 is 0 Å². The Morgan fingerprint density at radius 2 is 1.62 bits per heavy atom. The van der Waals surface area contributed by atoms with Crippen molar-refractivity contribution < 1.29 is 0 Å². The minimum Gasteiger partial charge on any atom is -0.192 e. The van der Waals surface area contributed by atoms with Crippen molar-refractivity contribution in [2.75, 3.05) is 0 Å². The van der Waals surface area contributed by atoms with Gasteiger partial charge in [0.1, 0.15) is 0 Å². The highest BCUT2D eigenvalue weighted by Crippen LogP contribution is 2.24. The normalized spacial score (nSPS) is 11.3. The van der Waals surface area contributed by atoms with E-state index in [0.29, 0.717) is 5.57 Å². The van der Waals surface area contributed by atoms with Crippen LogP contribution in [0.5, 0.6) is 0 Å². The molecule has 0 aliphatic rings. The number of benzene rings is 3. The van der Waals surface area contributed by atoms with Crippen LogP contribution >= 0.6 is 15.9 Å². The summed E-state index contributed by atoms with van der Waals surface area (Å²) >= 11 is 3.41. The van der Waals surface area contributed by atoms with Crippen molar-refractivity contribution in [1.82, 2.24) is 0 Å². The molecular formula is C19H12BrN. The van der Waals surface area contributed by atoms with Gasteiger partial charge in [0.25, 0.3) is 0 Å². The molecule has 0 radical (unpaired) electrons. The molecule has 0 fully saturated rings. The Balaban J connectivity index is 2.13. The molecule has 0 unspecified atom stereocenters. The molecule has 21 heavy (non-hydrogen) atoms. The van der Waals surface area contributed by atoms with Crippen LogP contribution in [0.3, 0.4) is 0 Å². The molecule has 0 aliphatic heterocycles. The van der Waals surface area contributed by atoms with E-state index in [-0.39, 0.29) is 0 Å². The molecule has 0 bridgehead atoms. The summed E-state index contributed by atoms with van der Waals surface area (Å²) in [4.78, 5) is 0. The van der Waals surface area contributed by atoms with E-state index in [2.05, 4.69) is 40.2 Å². The van der Waals surface area contributed by atoms with E-state index in [9.17, 15) is 5.26 Å². The zero-order chi connectivity index (χ0) is 14.7. The van der Waals surface area contributed by atoms with Crippen molar-refractivity contribution in [1.29, 1.82) is 5.26 Å². The van der Waals surface area contributed by atoms with Gasteiger partial charge in [-0.3, -0.25) is 0 Å². The number of allylic oxidation sites excluding steroid dienone is 1. The quantitative estimate of drug-likeness (QED) is 0.438. The summed E-state index contributed by atoms with van der Waals surface area (Å²) in [5.41, 5.74) is 2.65. The maximum absolute atomic E-state index is 9.45. The number of fused-ring (bicyclic) bond motifs is 1. The van der Waals surface area contributed by atoms with Gasteiger partial charge in [0.15, 0.2) is 0 Å². The summed E-state index contributed by atoms with van der Waals surface area (Å²) in [6, 6.07) is 24.4. The first-order chi connectivity index (χ1) is 10.3. The van der Waals surface area contributed by atoms with Gasteiger partial charge in [-0.05, 0) is 40.1 Å². The maximum Gasteiger partial charge on any atom is 0.0998 e. The zero-order valence-corrected chi connectivity index (χ0v) is 12.8. The van der Waals surface area contributed by atoms with Crippen molar-refractivity contribution in [2.24, 2.45) is 0 Å². The highest BCUT2D eigenvalue weighted by molar-refractivity contribution is 9.10. The number of nitrogens with zero attached hydrogens (tertiary/aromatic N) is 1. The lowest BCUT2D eigenvalue weighted by Gasteiger charge is -2.04. The molecule has 0 N–H and O–H groups in total. The molecule has 0 atom stereocenters. The lowest BCUT2D eigenvalue weighted by molar-refractivity contribution is 1.52. The van der Waals surface area contributed by atoms with Gasteiger partial charge >= 0.3 is 0 Å². The van der Waals surface area contributed by atoms with E-state index in [4.69, 9.17) is 0 Å². The second-order valence-corrected chi connectivity index (χ2v) is 5.66. The Kier molecular flexibility index (Phi) is 3.85. The molecule has 0 heterocycles. The molecule has 3 aromatic rings. The summed E-state index contributed by atoms with van der Waals surface area (Å²) in [5.74, 6) is 0. The average molecular weight is 334 g/mol. The van der Waals surface area contributed by atoms with E-state index < -0.39 is 0 Å². The van der Waals surface area contributed by atoms with Crippen molar-refractivity contribution in [3.05, 3.63) is 82.3 Å². The largest absolute Gasteiger partial charge is 0.192 e. The van der Waals surface area contributed by atoms with Crippen molar-refractivity contribution in [3.8, 4) is 6.07 Å². The van der Waals surface area contributed by atoms with E-state index in [1.807, 2.05) is 54.6 Å². The molecule has 0 aromatic heterocycles. The number of halogens is 1. The first-order valence-corrected chi connectivity index (χ1v) is 7.43. The number of rotatable bonds is 2. The van der Waals surface area contributed by atoms with Gasteiger partial charge in [0, 0.05) is 4.47 Å². The summed E-state index contributed by atoms with van der Waals surface area (Å²) in [5, 5.41) is 11.8. The highest BCUT2D eigenvalue weighted by atomic mass is 79.9. The Bertz CT molecular complexity index is 849. The highest BCUT2D eigenvalue weighted by Gasteiger charge is 2.03. The third-order valence-electron chi connectivity index (χ3n) is 3.40. The summed E-state index contributed by atoms with van der Waals surface area (Å²) < 4.78 is 1.01. The van der Waals surface area contributed by atoms with Crippen molar-refractivity contribution in [2.45, 2.75) is 0 Å². The fraction of sp³-hybridized carbons (Fsp3) is 0. The Hall–Kier alpha value is -2.37. The SMILES string of the molecule is N#C/C(=C\c1cccc2ccccc12)c1ccc(Br)cc1. The molecule has 3 rings (SSSR count). The predicted molar refractivity (Wildman–Crippen MR) is 91.6 cm³/mol. The molecule has 0 spiro atoms. The summed E-state index contributed by atoms with van der Waals surface area (Å²) in [7, 11) is 0. The number of hydrogen-bond donors (Lipinski definition) is 0. The van der Waals surface area contributed by atoms with E-state index in [0.717, 1.165) is 21.0 Å². The van der Waals surface area contributed by atoms with Gasteiger partial charge in [0.05, 0.1) is 11.6 Å². The number of nitriles is 1. The second-order valence-electron chi connectivity index (χ2n) is 4.75. The topological polar surface area (TPSA) is 23.8 Å². The predicted octanol–water partition coefficient (Wildman–Crippen LogP) is 5.67. The lowest BCUT2D eigenvalue weighted by atomic mass is 10.00. The Labute approximate surface area is 132 Å². The van der Waals surface area contributed by atoms with Crippen molar-refractivity contribution >= 4 is 38.4 Å². The second kappa shape index (κ2) is 5.95. The van der Waals surface area contributed by atoms with E-state index in [1.165, 1.54) is 5.39 Å².